The summed E-state index contributed by atoms with van der Waals surface area (Å²) in [5, 5.41) is 2.49. The monoisotopic (exact) mass is 175 g/mol. The SMILES string of the molecule is CCN(CC(N)=S)C(=O)NC. The lowest BCUT2D eigenvalue weighted by Crippen LogP contribution is -2.42. The third kappa shape index (κ3) is 3.77. The van der Waals surface area contributed by atoms with Gasteiger partial charge in [-0.1, -0.05) is 12.2 Å². The van der Waals surface area contributed by atoms with Crippen molar-refractivity contribution in [1.82, 2.24) is 10.2 Å². The molecule has 0 heterocycles. The number of thiocarbonyl (C=S) groups is 1. The highest BCUT2D eigenvalue weighted by Crippen LogP contribution is 1.87. The summed E-state index contributed by atoms with van der Waals surface area (Å²) in [7, 11) is 1.57. The minimum Gasteiger partial charge on any atom is -0.392 e. The Morgan fingerprint density at radius 1 is 1.73 bits per heavy atom. The maximum absolute atomic E-state index is 11.0. The maximum Gasteiger partial charge on any atom is 0.317 e. The van der Waals surface area contributed by atoms with Gasteiger partial charge in [0.25, 0.3) is 0 Å². The zero-order valence-electron chi connectivity index (χ0n) is 6.76. The molecule has 0 unspecified atom stereocenters. The molecule has 0 atom stereocenters. The highest BCUT2D eigenvalue weighted by molar-refractivity contribution is 7.80. The molecule has 0 aliphatic carbocycles. The quantitative estimate of drug-likeness (QED) is 0.590. The van der Waals surface area contributed by atoms with E-state index in [1.54, 1.807) is 7.05 Å². The molecule has 0 aliphatic rings. The average Bonchev–Trinajstić information content (AvgIpc) is 1.98. The number of likely N-dealkylation sites (N-methyl/N-ethyl adjacent to an activating group) is 1. The van der Waals surface area contributed by atoms with Crippen molar-refractivity contribution in [2.24, 2.45) is 5.73 Å². The second-order valence-corrected chi connectivity index (χ2v) is 2.56. The van der Waals surface area contributed by atoms with E-state index in [0.717, 1.165) is 0 Å². The van der Waals surface area contributed by atoms with Crippen LogP contribution in [0.1, 0.15) is 6.92 Å². The lowest BCUT2D eigenvalue weighted by atomic mass is 10.5. The molecule has 11 heavy (non-hydrogen) atoms. The minimum absolute atomic E-state index is 0.152. The van der Waals surface area contributed by atoms with Crippen LogP contribution in [-0.4, -0.2) is 36.1 Å². The molecular weight excluding hydrogens is 162 g/mol. The van der Waals surface area contributed by atoms with Crippen molar-refractivity contribution in [3.05, 3.63) is 0 Å². The molecule has 3 N–H and O–H groups in total. The third-order valence-electron chi connectivity index (χ3n) is 1.23. The summed E-state index contributed by atoms with van der Waals surface area (Å²) in [5.41, 5.74) is 5.27. The van der Waals surface area contributed by atoms with E-state index in [-0.39, 0.29) is 6.03 Å². The van der Waals surface area contributed by atoms with Crippen molar-refractivity contribution >= 4 is 23.2 Å². The Bertz CT molecular complexity index is 160. The largest absolute Gasteiger partial charge is 0.392 e. The molecule has 0 radical (unpaired) electrons. The van der Waals surface area contributed by atoms with Crippen LogP contribution >= 0.6 is 12.2 Å². The van der Waals surface area contributed by atoms with Crippen molar-refractivity contribution in [1.29, 1.82) is 0 Å². The van der Waals surface area contributed by atoms with Crippen LogP contribution in [0.5, 0.6) is 0 Å². The van der Waals surface area contributed by atoms with E-state index in [1.807, 2.05) is 6.92 Å². The van der Waals surface area contributed by atoms with E-state index in [1.165, 1.54) is 4.90 Å². The Labute approximate surface area is 71.7 Å². The fourth-order valence-corrected chi connectivity index (χ4v) is 0.829. The van der Waals surface area contributed by atoms with E-state index in [0.29, 0.717) is 18.1 Å². The van der Waals surface area contributed by atoms with E-state index in [9.17, 15) is 4.79 Å². The molecule has 64 valence electrons. The first-order valence-corrected chi connectivity index (χ1v) is 3.77. The van der Waals surface area contributed by atoms with Crippen molar-refractivity contribution in [2.75, 3.05) is 20.1 Å². The third-order valence-corrected chi connectivity index (χ3v) is 1.36. The second-order valence-electron chi connectivity index (χ2n) is 2.04. The van der Waals surface area contributed by atoms with Gasteiger partial charge in [0.1, 0.15) is 0 Å². The first-order chi connectivity index (χ1) is 5.11. The summed E-state index contributed by atoms with van der Waals surface area (Å²) in [6.45, 7) is 2.82. The average molecular weight is 175 g/mol. The Kier molecular flexibility index (Phi) is 4.52. The zero-order valence-corrected chi connectivity index (χ0v) is 7.57. The molecule has 0 aliphatic heterocycles. The predicted octanol–water partition coefficient (Wildman–Crippen LogP) is -0.0662. The van der Waals surface area contributed by atoms with Crippen molar-refractivity contribution in [3.8, 4) is 0 Å². The van der Waals surface area contributed by atoms with Gasteiger partial charge in [0.05, 0.1) is 11.5 Å². The summed E-state index contributed by atoms with van der Waals surface area (Å²) in [6.07, 6.45) is 0. The molecule has 2 amide bonds. The number of hydrogen-bond acceptors (Lipinski definition) is 2. The number of urea groups is 1. The Morgan fingerprint density at radius 3 is 2.55 bits per heavy atom. The first kappa shape index (κ1) is 10.2. The summed E-state index contributed by atoms with van der Waals surface area (Å²) in [6, 6.07) is -0.152. The van der Waals surface area contributed by atoms with Gasteiger partial charge in [0.2, 0.25) is 0 Å². The van der Waals surface area contributed by atoms with Crippen LogP contribution in [0.3, 0.4) is 0 Å². The van der Waals surface area contributed by atoms with E-state index in [2.05, 4.69) is 17.5 Å². The molecule has 0 aromatic rings. The van der Waals surface area contributed by atoms with Crippen LogP contribution in [0, 0.1) is 0 Å². The number of hydrogen-bond donors (Lipinski definition) is 2. The molecule has 5 heteroatoms. The second kappa shape index (κ2) is 4.90. The maximum atomic E-state index is 11.0. The van der Waals surface area contributed by atoms with Gasteiger partial charge in [-0.25, -0.2) is 4.79 Å². The van der Waals surface area contributed by atoms with Gasteiger partial charge in [-0.15, -0.1) is 0 Å². The lowest BCUT2D eigenvalue weighted by Gasteiger charge is -2.18. The highest BCUT2D eigenvalue weighted by Gasteiger charge is 2.08. The Morgan fingerprint density at radius 2 is 2.27 bits per heavy atom. The number of carbonyl (C=O) groups is 1. The molecule has 0 rings (SSSR count). The number of nitrogens with zero attached hydrogens (tertiary/aromatic N) is 1. The molecule has 0 bridgehead atoms. The summed E-state index contributed by atoms with van der Waals surface area (Å²) in [4.78, 5) is 12.8. The number of nitrogens with two attached hydrogens (primary N) is 1. The molecule has 0 spiro atoms. The number of nitrogens with one attached hydrogen (secondary N) is 1. The molecule has 0 fully saturated rings. The van der Waals surface area contributed by atoms with Gasteiger partial charge < -0.3 is 16.0 Å². The van der Waals surface area contributed by atoms with E-state index in [4.69, 9.17) is 5.73 Å². The molecule has 0 saturated carbocycles. The molecule has 4 nitrogen and oxygen atoms in total. The standard InChI is InChI=1S/C6H13N3OS/c1-3-9(4-5(7)11)6(10)8-2/h3-4H2,1-2H3,(H2,7,11)(H,8,10). The van der Waals surface area contributed by atoms with E-state index < -0.39 is 0 Å². The number of amides is 2. The van der Waals surface area contributed by atoms with Gasteiger partial charge in [-0.3, -0.25) is 0 Å². The zero-order chi connectivity index (χ0) is 8.85. The first-order valence-electron chi connectivity index (χ1n) is 3.36. The number of carbonyl (C=O) groups excluding carboxylic acids is 1. The van der Waals surface area contributed by atoms with Gasteiger partial charge >= 0.3 is 6.03 Å². The van der Waals surface area contributed by atoms with Gasteiger partial charge in [-0.2, -0.15) is 0 Å². The van der Waals surface area contributed by atoms with Gasteiger partial charge in [-0.05, 0) is 6.92 Å². The van der Waals surface area contributed by atoms with Crippen LogP contribution in [0.2, 0.25) is 0 Å². The fourth-order valence-electron chi connectivity index (χ4n) is 0.673. The van der Waals surface area contributed by atoms with Crippen LogP contribution in [0.4, 0.5) is 4.79 Å². The smallest absolute Gasteiger partial charge is 0.317 e. The van der Waals surface area contributed by atoms with Gasteiger partial charge in [0, 0.05) is 13.6 Å². The predicted molar refractivity (Wildman–Crippen MR) is 48.5 cm³/mol. The molecule has 0 aromatic carbocycles. The summed E-state index contributed by atoms with van der Waals surface area (Å²) < 4.78 is 0. The Hall–Kier alpha value is -0.840. The van der Waals surface area contributed by atoms with Crippen LogP contribution in [-0.2, 0) is 0 Å². The lowest BCUT2D eigenvalue weighted by molar-refractivity contribution is 0.210. The van der Waals surface area contributed by atoms with Crippen molar-refractivity contribution in [2.45, 2.75) is 6.92 Å². The summed E-state index contributed by atoms with van der Waals surface area (Å²) in [5.74, 6) is 0. The normalized spacial score (nSPS) is 8.91. The van der Waals surface area contributed by atoms with Crippen molar-refractivity contribution in [3.63, 3.8) is 0 Å². The highest BCUT2D eigenvalue weighted by atomic mass is 32.1. The Balaban J connectivity index is 3.94. The van der Waals surface area contributed by atoms with E-state index >= 15 is 0 Å². The van der Waals surface area contributed by atoms with Crippen LogP contribution in [0.15, 0.2) is 0 Å². The fraction of sp³-hybridized carbons (Fsp3) is 0.667. The van der Waals surface area contributed by atoms with Crippen molar-refractivity contribution < 1.29 is 4.79 Å². The summed E-state index contributed by atoms with van der Waals surface area (Å²) >= 11 is 4.66. The molecule has 0 saturated heterocycles. The van der Waals surface area contributed by atoms with Crippen LogP contribution in [0.25, 0.3) is 0 Å². The molecular formula is C6H13N3OS. The molecule has 0 aromatic heterocycles. The number of rotatable bonds is 3. The topological polar surface area (TPSA) is 58.4 Å². The minimum atomic E-state index is -0.152. The van der Waals surface area contributed by atoms with Crippen LogP contribution < -0.4 is 11.1 Å². The van der Waals surface area contributed by atoms with Gasteiger partial charge in [0.15, 0.2) is 0 Å².